The molecule has 0 radical (unpaired) electrons. The number of morpholine rings is 1. The lowest BCUT2D eigenvalue weighted by Crippen LogP contribution is -2.42. The van der Waals surface area contributed by atoms with E-state index in [4.69, 9.17) is 27.9 Å². The minimum atomic E-state index is -4.78. The smallest absolute Gasteiger partial charge is 0.406 e. The molecule has 2 aromatic carbocycles. The standard InChI is InChI=1S/C18H14Cl2F3NO3/c19-13-7-12(8-14(20)9-13)16-10-24(5-6-26-16)17(25)11-1-3-15(4-2-11)27-18(21,22)23/h1-4,7-9,16H,5-6,10H2. The van der Waals surface area contributed by atoms with Crippen LogP contribution in [0.15, 0.2) is 42.5 Å². The highest BCUT2D eigenvalue weighted by molar-refractivity contribution is 6.34. The zero-order valence-corrected chi connectivity index (χ0v) is 15.3. The summed E-state index contributed by atoms with van der Waals surface area (Å²) in [6, 6.07) is 9.84. The number of hydrogen-bond donors (Lipinski definition) is 0. The van der Waals surface area contributed by atoms with Crippen LogP contribution in [-0.2, 0) is 4.74 Å². The van der Waals surface area contributed by atoms with Crippen molar-refractivity contribution >= 4 is 29.1 Å². The van der Waals surface area contributed by atoms with Crippen LogP contribution in [0.2, 0.25) is 10.0 Å². The predicted molar refractivity (Wildman–Crippen MR) is 94.2 cm³/mol. The van der Waals surface area contributed by atoms with Crippen molar-refractivity contribution < 1.29 is 27.4 Å². The van der Waals surface area contributed by atoms with Gasteiger partial charge in [-0.3, -0.25) is 4.79 Å². The van der Waals surface area contributed by atoms with Crippen molar-refractivity contribution in [1.29, 1.82) is 0 Å². The molecule has 2 aromatic rings. The molecular formula is C18H14Cl2F3NO3. The molecule has 1 saturated heterocycles. The van der Waals surface area contributed by atoms with Gasteiger partial charge in [-0.25, -0.2) is 0 Å². The molecule has 1 unspecified atom stereocenters. The van der Waals surface area contributed by atoms with E-state index in [0.717, 1.165) is 17.7 Å². The fourth-order valence-electron chi connectivity index (χ4n) is 2.78. The average molecular weight is 420 g/mol. The van der Waals surface area contributed by atoms with Gasteiger partial charge >= 0.3 is 6.36 Å². The molecule has 0 N–H and O–H groups in total. The van der Waals surface area contributed by atoms with E-state index in [1.165, 1.54) is 12.1 Å². The zero-order valence-electron chi connectivity index (χ0n) is 13.8. The maximum atomic E-state index is 12.7. The Hall–Kier alpha value is -1.96. The van der Waals surface area contributed by atoms with Gasteiger partial charge in [-0.05, 0) is 48.0 Å². The minimum Gasteiger partial charge on any atom is -0.406 e. The van der Waals surface area contributed by atoms with E-state index in [1.54, 1.807) is 23.1 Å². The summed E-state index contributed by atoms with van der Waals surface area (Å²) in [5.41, 5.74) is 1.01. The molecule has 1 aliphatic heterocycles. The predicted octanol–water partition coefficient (Wildman–Crippen LogP) is 5.11. The number of hydrogen-bond acceptors (Lipinski definition) is 3. The van der Waals surface area contributed by atoms with Crippen molar-refractivity contribution in [2.24, 2.45) is 0 Å². The molecule has 0 aliphatic carbocycles. The summed E-state index contributed by atoms with van der Waals surface area (Å²) in [7, 11) is 0. The molecule has 1 heterocycles. The van der Waals surface area contributed by atoms with Crippen LogP contribution in [0.1, 0.15) is 22.0 Å². The molecule has 3 rings (SSSR count). The first-order valence-corrected chi connectivity index (χ1v) is 8.69. The van der Waals surface area contributed by atoms with Crippen molar-refractivity contribution in [3.8, 4) is 5.75 Å². The lowest BCUT2D eigenvalue weighted by Gasteiger charge is -2.33. The molecule has 0 saturated carbocycles. The summed E-state index contributed by atoms with van der Waals surface area (Å²) < 4.78 is 46.2. The lowest BCUT2D eigenvalue weighted by molar-refractivity contribution is -0.274. The minimum absolute atomic E-state index is 0.259. The number of carbonyl (C=O) groups excluding carboxylic acids is 1. The SMILES string of the molecule is O=C(c1ccc(OC(F)(F)F)cc1)N1CCOC(c2cc(Cl)cc(Cl)c2)C1. The largest absolute Gasteiger partial charge is 0.573 e. The molecule has 9 heteroatoms. The Morgan fingerprint density at radius 1 is 1.11 bits per heavy atom. The second-order valence-corrected chi connectivity index (χ2v) is 6.76. The maximum absolute atomic E-state index is 12.7. The van der Waals surface area contributed by atoms with Gasteiger partial charge in [0.25, 0.3) is 5.91 Å². The number of ether oxygens (including phenoxy) is 2. The van der Waals surface area contributed by atoms with Crippen LogP contribution in [0, 0.1) is 0 Å². The van der Waals surface area contributed by atoms with Gasteiger partial charge in [0, 0.05) is 22.2 Å². The molecule has 0 bridgehead atoms. The van der Waals surface area contributed by atoms with Gasteiger partial charge in [0.2, 0.25) is 0 Å². The number of benzene rings is 2. The molecule has 0 aromatic heterocycles. The van der Waals surface area contributed by atoms with E-state index in [-0.39, 0.29) is 23.8 Å². The van der Waals surface area contributed by atoms with Gasteiger partial charge in [-0.15, -0.1) is 13.2 Å². The van der Waals surface area contributed by atoms with Gasteiger partial charge in [-0.2, -0.15) is 0 Å². The van der Waals surface area contributed by atoms with Crippen LogP contribution in [0.4, 0.5) is 13.2 Å². The summed E-state index contributed by atoms with van der Waals surface area (Å²) in [4.78, 5) is 14.2. The molecule has 27 heavy (non-hydrogen) atoms. The Labute approximate surface area is 163 Å². The number of carbonyl (C=O) groups is 1. The molecule has 144 valence electrons. The van der Waals surface area contributed by atoms with Gasteiger partial charge in [0.1, 0.15) is 11.9 Å². The van der Waals surface area contributed by atoms with Crippen LogP contribution in [0.3, 0.4) is 0 Å². The second kappa shape index (κ2) is 7.96. The van der Waals surface area contributed by atoms with Crippen LogP contribution in [-0.4, -0.2) is 36.9 Å². The van der Waals surface area contributed by atoms with Gasteiger partial charge < -0.3 is 14.4 Å². The number of halogens is 5. The Morgan fingerprint density at radius 3 is 2.33 bits per heavy atom. The highest BCUT2D eigenvalue weighted by Gasteiger charge is 2.31. The molecule has 4 nitrogen and oxygen atoms in total. The van der Waals surface area contributed by atoms with Gasteiger partial charge in [-0.1, -0.05) is 23.2 Å². The first kappa shape index (κ1) is 19.8. The van der Waals surface area contributed by atoms with E-state index in [1.807, 2.05) is 0 Å². The monoisotopic (exact) mass is 419 g/mol. The topological polar surface area (TPSA) is 38.8 Å². The van der Waals surface area contributed by atoms with E-state index < -0.39 is 12.5 Å². The van der Waals surface area contributed by atoms with Crippen molar-refractivity contribution in [2.75, 3.05) is 19.7 Å². The van der Waals surface area contributed by atoms with Crippen molar-refractivity contribution in [1.82, 2.24) is 4.90 Å². The zero-order chi connectivity index (χ0) is 19.6. The number of alkyl halides is 3. The average Bonchev–Trinajstić information content (AvgIpc) is 2.60. The summed E-state index contributed by atoms with van der Waals surface area (Å²) in [5, 5.41) is 0.926. The van der Waals surface area contributed by atoms with Crippen LogP contribution < -0.4 is 4.74 Å². The summed E-state index contributed by atoms with van der Waals surface area (Å²) in [5.74, 6) is -0.692. The van der Waals surface area contributed by atoms with Crippen LogP contribution in [0.5, 0.6) is 5.75 Å². The van der Waals surface area contributed by atoms with E-state index in [0.29, 0.717) is 23.2 Å². The first-order chi connectivity index (χ1) is 12.7. The first-order valence-electron chi connectivity index (χ1n) is 7.94. The fourth-order valence-corrected chi connectivity index (χ4v) is 3.32. The van der Waals surface area contributed by atoms with E-state index in [2.05, 4.69) is 4.74 Å². The Morgan fingerprint density at radius 2 is 1.74 bits per heavy atom. The van der Waals surface area contributed by atoms with Gasteiger partial charge in [0.05, 0.1) is 13.2 Å². The molecule has 0 spiro atoms. The third-order valence-electron chi connectivity index (χ3n) is 3.95. The van der Waals surface area contributed by atoms with Crippen molar-refractivity contribution in [3.63, 3.8) is 0 Å². The van der Waals surface area contributed by atoms with Crippen molar-refractivity contribution in [3.05, 3.63) is 63.6 Å². The summed E-state index contributed by atoms with van der Waals surface area (Å²) >= 11 is 12.0. The molecule has 1 atom stereocenters. The quantitative estimate of drug-likeness (QED) is 0.693. The lowest BCUT2D eigenvalue weighted by atomic mass is 10.1. The Kier molecular flexibility index (Phi) is 5.83. The van der Waals surface area contributed by atoms with Crippen LogP contribution >= 0.6 is 23.2 Å². The Bertz CT molecular complexity index is 807. The molecule has 1 aliphatic rings. The summed E-state index contributed by atoms with van der Waals surface area (Å²) in [6.07, 6.45) is -5.17. The normalized spacial score (nSPS) is 17.7. The van der Waals surface area contributed by atoms with E-state index in [9.17, 15) is 18.0 Å². The number of rotatable bonds is 3. The molecule has 1 amide bonds. The fraction of sp³-hybridized carbons (Fsp3) is 0.278. The highest BCUT2D eigenvalue weighted by Crippen LogP contribution is 2.29. The second-order valence-electron chi connectivity index (χ2n) is 5.89. The maximum Gasteiger partial charge on any atom is 0.573 e. The number of amides is 1. The Balaban J connectivity index is 1.71. The third-order valence-corrected chi connectivity index (χ3v) is 4.38. The third kappa shape index (κ3) is 5.28. The molecule has 1 fully saturated rings. The van der Waals surface area contributed by atoms with Crippen LogP contribution in [0.25, 0.3) is 0 Å². The van der Waals surface area contributed by atoms with Gasteiger partial charge in [0.15, 0.2) is 0 Å². The highest BCUT2D eigenvalue weighted by atomic mass is 35.5. The van der Waals surface area contributed by atoms with Crippen molar-refractivity contribution in [2.45, 2.75) is 12.5 Å². The number of nitrogens with zero attached hydrogens (tertiary/aromatic N) is 1. The summed E-state index contributed by atoms with van der Waals surface area (Å²) in [6.45, 7) is 0.955. The van der Waals surface area contributed by atoms with E-state index >= 15 is 0 Å². The molecular weight excluding hydrogens is 406 g/mol.